The highest BCUT2D eigenvalue weighted by Crippen LogP contribution is 2.36. The Kier molecular flexibility index (Phi) is 8.40. The maximum absolute atomic E-state index is 15.5. The molecule has 0 aliphatic heterocycles. The molecule has 0 spiro atoms. The minimum Gasteiger partial charge on any atom is -0.480 e. The summed E-state index contributed by atoms with van der Waals surface area (Å²) in [4.78, 5) is 13.2. The first kappa shape index (κ1) is 26.6. The summed E-state index contributed by atoms with van der Waals surface area (Å²) in [5.74, 6) is -2.45. The molecule has 0 bridgehead atoms. The van der Waals surface area contributed by atoms with Gasteiger partial charge in [-0.1, -0.05) is 31.0 Å². The fraction of sp³-hybridized carbons (Fsp3) is 0.192. The van der Waals surface area contributed by atoms with Crippen molar-refractivity contribution in [3.63, 3.8) is 0 Å². The van der Waals surface area contributed by atoms with Gasteiger partial charge in [-0.3, -0.25) is 9.39 Å². The number of hydrogen-bond acceptors (Lipinski definition) is 6. The molecule has 37 heavy (non-hydrogen) atoms. The SMILES string of the molecule is CCC/C=C\N=C(C)c1ncn2c(F)c(-c3c(F)ccc(NSc4cc(Cl)cnc4OC)c3F)ccc12. The summed E-state index contributed by atoms with van der Waals surface area (Å²) in [7, 11) is 1.44. The minimum absolute atomic E-state index is 0.0592. The summed E-state index contributed by atoms with van der Waals surface area (Å²) in [5.41, 5.74) is 0.675. The van der Waals surface area contributed by atoms with Crippen LogP contribution in [0.25, 0.3) is 16.6 Å². The second-order valence-corrected chi connectivity index (χ2v) is 9.21. The number of unbranched alkanes of at least 4 members (excludes halogenated alkanes) is 1. The maximum Gasteiger partial charge on any atom is 0.228 e. The third-order valence-electron chi connectivity index (χ3n) is 5.43. The number of fused-ring (bicyclic) bond motifs is 1. The van der Waals surface area contributed by atoms with Gasteiger partial charge in [0.25, 0.3) is 0 Å². The highest BCUT2D eigenvalue weighted by atomic mass is 35.5. The van der Waals surface area contributed by atoms with Crippen LogP contribution in [0, 0.1) is 17.6 Å². The lowest BCUT2D eigenvalue weighted by Crippen LogP contribution is -2.02. The van der Waals surface area contributed by atoms with Crippen molar-refractivity contribution in [3.8, 4) is 17.0 Å². The number of hydrogen-bond donors (Lipinski definition) is 1. The molecule has 0 unspecified atom stereocenters. The zero-order chi connectivity index (χ0) is 26.5. The third-order valence-corrected chi connectivity index (χ3v) is 6.47. The number of anilines is 1. The Labute approximate surface area is 221 Å². The Hall–Kier alpha value is -3.50. The van der Waals surface area contributed by atoms with E-state index >= 15 is 8.78 Å². The molecule has 0 saturated heterocycles. The normalized spacial score (nSPS) is 12.0. The van der Waals surface area contributed by atoms with Gasteiger partial charge in [0.05, 0.1) is 39.5 Å². The molecule has 1 N–H and O–H groups in total. The van der Waals surface area contributed by atoms with Gasteiger partial charge >= 0.3 is 0 Å². The number of pyridine rings is 2. The van der Waals surface area contributed by atoms with Crippen molar-refractivity contribution >= 4 is 40.5 Å². The second kappa shape index (κ2) is 11.7. The number of imidazole rings is 1. The van der Waals surface area contributed by atoms with Crippen LogP contribution in [0.15, 0.2) is 65.0 Å². The van der Waals surface area contributed by atoms with Gasteiger partial charge in [-0.25, -0.2) is 18.7 Å². The topological polar surface area (TPSA) is 63.8 Å². The number of nitrogens with zero attached hydrogens (tertiary/aromatic N) is 4. The van der Waals surface area contributed by atoms with Crippen molar-refractivity contribution in [1.82, 2.24) is 14.4 Å². The summed E-state index contributed by atoms with van der Waals surface area (Å²) < 4.78 is 55.0. The lowest BCUT2D eigenvalue weighted by atomic mass is 10.0. The number of aliphatic imine (C=N–C) groups is 1. The smallest absolute Gasteiger partial charge is 0.228 e. The highest BCUT2D eigenvalue weighted by Gasteiger charge is 2.22. The largest absolute Gasteiger partial charge is 0.480 e. The van der Waals surface area contributed by atoms with Crippen LogP contribution in [-0.2, 0) is 0 Å². The van der Waals surface area contributed by atoms with E-state index in [0.29, 0.717) is 26.8 Å². The Bertz CT molecular complexity index is 1510. The van der Waals surface area contributed by atoms with Crippen LogP contribution in [0.3, 0.4) is 0 Å². The van der Waals surface area contributed by atoms with Crippen molar-refractivity contribution in [2.24, 2.45) is 4.99 Å². The van der Waals surface area contributed by atoms with Gasteiger partial charge in [0.15, 0.2) is 5.82 Å². The quantitative estimate of drug-likeness (QED) is 0.132. The number of halogens is 4. The van der Waals surface area contributed by atoms with Gasteiger partial charge in [-0.2, -0.15) is 4.39 Å². The van der Waals surface area contributed by atoms with E-state index < -0.39 is 23.1 Å². The zero-order valence-electron chi connectivity index (χ0n) is 20.2. The van der Waals surface area contributed by atoms with Gasteiger partial charge < -0.3 is 9.46 Å². The summed E-state index contributed by atoms with van der Waals surface area (Å²) in [6.45, 7) is 3.83. The van der Waals surface area contributed by atoms with E-state index in [4.69, 9.17) is 16.3 Å². The molecule has 11 heteroatoms. The molecule has 4 rings (SSSR count). The third kappa shape index (κ3) is 5.60. The van der Waals surface area contributed by atoms with E-state index in [2.05, 4.69) is 26.6 Å². The van der Waals surface area contributed by atoms with Crippen LogP contribution in [0.1, 0.15) is 32.4 Å². The predicted molar refractivity (Wildman–Crippen MR) is 142 cm³/mol. The zero-order valence-corrected chi connectivity index (χ0v) is 21.8. The Morgan fingerprint density at radius 3 is 2.78 bits per heavy atom. The van der Waals surface area contributed by atoms with Crippen molar-refractivity contribution in [2.75, 3.05) is 11.8 Å². The van der Waals surface area contributed by atoms with Gasteiger partial charge in [0.1, 0.15) is 17.8 Å². The van der Waals surface area contributed by atoms with Crippen LogP contribution in [0.4, 0.5) is 18.9 Å². The molecule has 0 fully saturated rings. The lowest BCUT2D eigenvalue weighted by molar-refractivity contribution is 0.387. The first-order chi connectivity index (χ1) is 17.8. The number of ether oxygens (including phenoxy) is 1. The van der Waals surface area contributed by atoms with Crippen LogP contribution in [0.2, 0.25) is 5.02 Å². The van der Waals surface area contributed by atoms with Gasteiger partial charge in [-0.05, 0) is 55.6 Å². The summed E-state index contributed by atoms with van der Waals surface area (Å²) in [6.07, 6.45) is 8.20. The Morgan fingerprint density at radius 1 is 1.22 bits per heavy atom. The molecule has 0 amide bonds. The molecule has 0 radical (unpaired) electrons. The van der Waals surface area contributed by atoms with Gasteiger partial charge in [0.2, 0.25) is 11.8 Å². The van der Waals surface area contributed by atoms with Crippen LogP contribution in [-0.4, -0.2) is 27.2 Å². The molecule has 3 heterocycles. The number of nitrogens with one attached hydrogen (secondary N) is 1. The van der Waals surface area contributed by atoms with E-state index in [-0.39, 0.29) is 17.1 Å². The molecule has 0 aliphatic rings. The summed E-state index contributed by atoms with van der Waals surface area (Å²) in [6, 6.07) is 6.77. The Balaban J connectivity index is 1.68. The number of allylic oxidation sites excluding steroid dienone is 1. The molecular formula is C26H23ClF3N5OS. The molecule has 6 nitrogen and oxygen atoms in total. The molecule has 0 saturated carbocycles. The summed E-state index contributed by atoms with van der Waals surface area (Å²) >= 11 is 6.97. The van der Waals surface area contributed by atoms with E-state index in [0.717, 1.165) is 35.3 Å². The molecule has 0 aliphatic carbocycles. The van der Waals surface area contributed by atoms with Crippen LogP contribution < -0.4 is 9.46 Å². The number of methoxy groups -OCH3 is 1. The molecule has 192 valence electrons. The first-order valence-electron chi connectivity index (χ1n) is 11.3. The molecule has 1 aromatic carbocycles. The van der Waals surface area contributed by atoms with Gasteiger partial charge in [-0.15, -0.1) is 0 Å². The van der Waals surface area contributed by atoms with Crippen molar-refractivity contribution < 1.29 is 17.9 Å². The summed E-state index contributed by atoms with van der Waals surface area (Å²) in [5, 5.41) is 0.359. The average molecular weight is 546 g/mol. The molecule has 4 aromatic rings. The van der Waals surface area contributed by atoms with Crippen molar-refractivity contribution in [1.29, 1.82) is 0 Å². The molecule has 0 atom stereocenters. The number of rotatable bonds is 9. The van der Waals surface area contributed by atoms with E-state index in [1.54, 1.807) is 25.3 Å². The van der Waals surface area contributed by atoms with Crippen LogP contribution in [0.5, 0.6) is 5.88 Å². The monoisotopic (exact) mass is 545 g/mol. The average Bonchev–Trinajstić information content (AvgIpc) is 3.32. The standard InChI is InChI=1S/C26H23ClF3N5OS/c1-4-5-6-11-31-15(2)24-20-10-7-17(25(30)35(20)14-33-24)22-18(28)8-9-19(23(22)29)34-37-21-12-16(27)13-32-26(21)36-3/h6-14,34H,4-5H2,1-3H3/b11-6-,31-15?. The number of aromatic nitrogens is 3. The van der Waals surface area contributed by atoms with E-state index in [1.165, 1.54) is 31.8 Å². The fourth-order valence-corrected chi connectivity index (χ4v) is 4.60. The highest BCUT2D eigenvalue weighted by molar-refractivity contribution is 8.00. The maximum atomic E-state index is 15.5. The van der Waals surface area contributed by atoms with Crippen molar-refractivity contribution in [2.45, 2.75) is 31.6 Å². The van der Waals surface area contributed by atoms with Crippen molar-refractivity contribution in [3.05, 3.63) is 83.4 Å². The molecular weight excluding hydrogens is 523 g/mol. The van der Waals surface area contributed by atoms with E-state index in [9.17, 15) is 4.39 Å². The fourth-order valence-electron chi connectivity index (χ4n) is 3.59. The first-order valence-corrected chi connectivity index (χ1v) is 12.5. The molecule has 3 aromatic heterocycles. The number of benzene rings is 1. The van der Waals surface area contributed by atoms with Gasteiger partial charge in [0, 0.05) is 18.0 Å². The van der Waals surface area contributed by atoms with Crippen LogP contribution >= 0.6 is 23.5 Å². The van der Waals surface area contributed by atoms with E-state index in [1.807, 2.05) is 6.08 Å². The Morgan fingerprint density at radius 2 is 2.03 bits per heavy atom. The minimum atomic E-state index is -0.959. The predicted octanol–water partition coefficient (Wildman–Crippen LogP) is 7.72. The second-order valence-electron chi connectivity index (χ2n) is 7.92. The lowest BCUT2D eigenvalue weighted by Gasteiger charge is -2.13.